The van der Waals surface area contributed by atoms with E-state index in [0.29, 0.717) is 6.42 Å². The van der Waals surface area contributed by atoms with Gasteiger partial charge in [-0.3, -0.25) is 4.79 Å². The van der Waals surface area contributed by atoms with E-state index in [1.165, 1.54) is 12.1 Å². The van der Waals surface area contributed by atoms with Crippen molar-refractivity contribution in [2.75, 3.05) is 5.75 Å². The summed E-state index contributed by atoms with van der Waals surface area (Å²) in [5.41, 5.74) is 1.08. The second kappa shape index (κ2) is 6.64. The Bertz CT molecular complexity index is 769. The highest BCUT2D eigenvalue weighted by atomic mass is 32.2. The first-order valence-corrected chi connectivity index (χ1v) is 9.20. The summed E-state index contributed by atoms with van der Waals surface area (Å²) in [6.07, 6.45) is -0.229. The molecule has 0 unspecified atom stereocenters. The Labute approximate surface area is 136 Å². The van der Waals surface area contributed by atoms with Crippen molar-refractivity contribution < 1.29 is 17.9 Å². The van der Waals surface area contributed by atoms with E-state index in [2.05, 4.69) is 0 Å². The lowest BCUT2D eigenvalue weighted by Crippen LogP contribution is -2.27. The van der Waals surface area contributed by atoms with Crippen LogP contribution in [0.2, 0.25) is 0 Å². The smallest absolute Gasteiger partial charge is 0.181 e. The largest absolute Gasteiger partial charge is 0.365 e. The van der Waals surface area contributed by atoms with Gasteiger partial charge in [0.05, 0.1) is 16.8 Å². The molecule has 0 aromatic heterocycles. The first-order valence-electron chi connectivity index (χ1n) is 7.54. The summed E-state index contributed by atoms with van der Waals surface area (Å²) in [5.74, 6) is -0.424. The van der Waals surface area contributed by atoms with Gasteiger partial charge in [0.25, 0.3) is 0 Å². The van der Waals surface area contributed by atoms with Crippen LogP contribution in [0.1, 0.15) is 12.0 Å². The highest BCUT2D eigenvalue weighted by molar-refractivity contribution is 7.91. The molecule has 2 aromatic carbocycles. The van der Waals surface area contributed by atoms with E-state index in [1.54, 1.807) is 18.2 Å². The van der Waals surface area contributed by atoms with E-state index < -0.39 is 15.9 Å². The van der Waals surface area contributed by atoms with Crippen LogP contribution in [-0.2, 0) is 25.8 Å². The summed E-state index contributed by atoms with van der Waals surface area (Å²) < 4.78 is 30.4. The van der Waals surface area contributed by atoms with E-state index in [4.69, 9.17) is 4.74 Å². The Morgan fingerprint density at radius 3 is 2.22 bits per heavy atom. The molecule has 1 heterocycles. The third-order valence-corrected chi connectivity index (χ3v) is 5.66. The van der Waals surface area contributed by atoms with Crippen molar-refractivity contribution in [1.29, 1.82) is 0 Å². The molecule has 4 nitrogen and oxygen atoms in total. The fourth-order valence-electron chi connectivity index (χ4n) is 2.76. The van der Waals surface area contributed by atoms with E-state index in [-0.39, 0.29) is 29.0 Å². The molecule has 5 heteroatoms. The van der Waals surface area contributed by atoms with Gasteiger partial charge in [-0.15, -0.1) is 0 Å². The Hall–Kier alpha value is -1.98. The fourth-order valence-corrected chi connectivity index (χ4v) is 4.19. The van der Waals surface area contributed by atoms with Crippen LogP contribution in [0.25, 0.3) is 0 Å². The van der Waals surface area contributed by atoms with Gasteiger partial charge in [-0.2, -0.15) is 0 Å². The topological polar surface area (TPSA) is 60.4 Å². The number of benzene rings is 2. The second-order valence-electron chi connectivity index (χ2n) is 5.70. The average Bonchev–Trinajstić information content (AvgIpc) is 2.88. The SMILES string of the molecule is O=C1C[C@H](Cc2ccccc2)O[C@@H]1CS(=O)(=O)c1ccccc1. The van der Waals surface area contributed by atoms with Gasteiger partial charge in [0.15, 0.2) is 15.6 Å². The number of hydrogen-bond donors (Lipinski definition) is 0. The molecule has 23 heavy (non-hydrogen) atoms. The van der Waals surface area contributed by atoms with E-state index in [1.807, 2.05) is 30.3 Å². The summed E-state index contributed by atoms with van der Waals surface area (Å²) in [5, 5.41) is 0. The van der Waals surface area contributed by atoms with E-state index in [9.17, 15) is 13.2 Å². The number of Topliss-reactive ketones (excluding diaryl/α,β-unsaturated/α-hetero) is 1. The van der Waals surface area contributed by atoms with Crippen LogP contribution in [0.4, 0.5) is 0 Å². The lowest BCUT2D eigenvalue weighted by molar-refractivity contribution is -0.121. The Morgan fingerprint density at radius 2 is 1.57 bits per heavy atom. The van der Waals surface area contributed by atoms with Gasteiger partial charge in [0.1, 0.15) is 6.10 Å². The van der Waals surface area contributed by atoms with Gasteiger partial charge in [-0.25, -0.2) is 8.42 Å². The molecule has 0 bridgehead atoms. The number of sulfone groups is 1. The predicted molar refractivity (Wildman–Crippen MR) is 86.9 cm³/mol. The quantitative estimate of drug-likeness (QED) is 0.845. The molecule has 3 rings (SSSR count). The van der Waals surface area contributed by atoms with Crippen LogP contribution < -0.4 is 0 Å². The van der Waals surface area contributed by atoms with Gasteiger partial charge in [0, 0.05) is 6.42 Å². The maximum Gasteiger partial charge on any atom is 0.181 e. The van der Waals surface area contributed by atoms with Crippen LogP contribution >= 0.6 is 0 Å². The zero-order valence-electron chi connectivity index (χ0n) is 12.6. The van der Waals surface area contributed by atoms with Crippen LogP contribution in [0, 0.1) is 0 Å². The van der Waals surface area contributed by atoms with Crippen molar-refractivity contribution in [3.63, 3.8) is 0 Å². The molecule has 0 radical (unpaired) electrons. The Kier molecular flexibility index (Phi) is 4.59. The van der Waals surface area contributed by atoms with Crippen molar-refractivity contribution in [2.24, 2.45) is 0 Å². The van der Waals surface area contributed by atoms with Crippen LogP contribution in [0.3, 0.4) is 0 Å². The molecular formula is C18H18O4S. The molecule has 120 valence electrons. The van der Waals surface area contributed by atoms with Crippen LogP contribution in [0.5, 0.6) is 0 Å². The highest BCUT2D eigenvalue weighted by Gasteiger charge is 2.36. The summed E-state index contributed by atoms with van der Waals surface area (Å²) in [7, 11) is -3.52. The van der Waals surface area contributed by atoms with Gasteiger partial charge in [0.2, 0.25) is 0 Å². The second-order valence-corrected chi connectivity index (χ2v) is 7.74. The van der Waals surface area contributed by atoms with Gasteiger partial charge < -0.3 is 4.74 Å². The van der Waals surface area contributed by atoms with E-state index in [0.717, 1.165) is 5.56 Å². The van der Waals surface area contributed by atoms with Crippen molar-refractivity contribution >= 4 is 15.6 Å². The molecule has 1 saturated heterocycles. The van der Waals surface area contributed by atoms with Crippen molar-refractivity contribution in [3.05, 3.63) is 66.2 Å². The van der Waals surface area contributed by atoms with Crippen molar-refractivity contribution in [2.45, 2.75) is 29.9 Å². The molecule has 2 aromatic rings. The number of ketones is 1. The van der Waals surface area contributed by atoms with Gasteiger partial charge >= 0.3 is 0 Å². The number of rotatable bonds is 5. The molecule has 1 aliphatic heterocycles. The normalized spacial score (nSPS) is 21.5. The molecule has 0 aliphatic carbocycles. The molecule has 2 atom stereocenters. The minimum atomic E-state index is -3.52. The first-order chi connectivity index (χ1) is 11.0. The third kappa shape index (κ3) is 3.86. The predicted octanol–water partition coefficient (Wildman–Crippen LogP) is 2.43. The molecule has 0 N–H and O–H groups in total. The van der Waals surface area contributed by atoms with Crippen molar-refractivity contribution in [1.82, 2.24) is 0 Å². The Balaban J connectivity index is 1.67. The monoisotopic (exact) mass is 330 g/mol. The highest BCUT2D eigenvalue weighted by Crippen LogP contribution is 2.23. The lowest BCUT2D eigenvalue weighted by Gasteiger charge is -2.13. The first kappa shape index (κ1) is 15.9. The average molecular weight is 330 g/mol. The van der Waals surface area contributed by atoms with Crippen LogP contribution in [-0.4, -0.2) is 32.2 Å². The molecule has 0 saturated carbocycles. The minimum Gasteiger partial charge on any atom is -0.365 e. The lowest BCUT2D eigenvalue weighted by atomic mass is 10.1. The standard InChI is InChI=1S/C18H18O4S/c19-17-12-15(11-14-7-3-1-4-8-14)22-18(17)13-23(20,21)16-9-5-2-6-10-16/h1-10,15,18H,11-13H2/t15-,18+/m0/s1. The zero-order chi connectivity index (χ0) is 16.3. The van der Waals surface area contributed by atoms with Crippen LogP contribution in [0.15, 0.2) is 65.6 Å². The van der Waals surface area contributed by atoms with Gasteiger partial charge in [-0.05, 0) is 24.1 Å². The zero-order valence-corrected chi connectivity index (χ0v) is 13.4. The summed E-state index contributed by atoms with van der Waals surface area (Å²) >= 11 is 0. The summed E-state index contributed by atoms with van der Waals surface area (Å²) in [6.45, 7) is 0. The number of carbonyl (C=O) groups excluding carboxylic acids is 1. The molecule has 1 fully saturated rings. The number of hydrogen-bond acceptors (Lipinski definition) is 4. The molecule has 1 aliphatic rings. The molecular weight excluding hydrogens is 312 g/mol. The minimum absolute atomic E-state index is 0.134. The third-order valence-electron chi connectivity index (χ3n) is 3.92. The number of carbonyl (C=O) groups is 1. The van der Waals surface area contributed by atoms with Crippen molar-refractivity contribution in [3.8, 4) is 0 Å². The summed E-state index contributed by atoms with van der Waals surface area (Å²) in [4.78, 5) is 12.3. The maximum absolute atomic E-state index is 12.4. The number of ether oxygens (including phenoxy) is 1. The fraction of sp³-hybridized carbons (Fsp3) is 0.278. The molecule has 0 spiro atoms. The maximum atomic E-state index is 12.4. The Morgan fingerprint density at radius 1 is 0.957 bits per heavy atom. The van der Waals surface area contributed by atoms with Gasteiger partial charge in [-0.1, -0.05) is 48.5 Å². The van der Waals surface area contributed by atoms with E-state index >= 15 is 0 Å². The molecule has 0 amide bonds. The summed E-state index contributed by atoms with van der Waals surface area (Å²) in [6, 6.07) is 17.9.